The first-order valence-corrected chi connectivity index (χ1v) is 16.5. The van der Waals surface area contributed by atoms with E-state index in [0.717, 1.165) is 48.8 Å². The average Bonchev–Trinajstić information content (AvgIpc) is 3.37. The molecule has 42 heavy (non-hydrogen) atoms. The van der Waals surface area contributed by atoms with Crippen molar-refractivity contribution in [1.29, 1.82) is 0 Å². The summed E-state index contributed by atoms with van der Waals surface area (Å²) in [4.78, 5) is 4.60. The van der Waals surface area contributed by atoms with Crippen molar-refractivity contribution in [2.45, 2.75) is 116 Å². The summed E-state index contributed by atoms with van der Waals surface area (Å²) in [6.45, 7) is 13.7. The molecule has 1 aromatic heterocycles. The smallest absolute Gasteiger partial charge is 0.154 e. The minimum atomic E-state index is 0.0762. The molecule has 224 valence electrons. The van der Waals surface area contributed by atoms with Crippen molar-refractivity contribution >= 4 is 11.5 Å². The number of fused-ring (bicyclic) bond motifs is 1. The number of aryl methyl sites for hydroxylation is 2. The topological polar surface area (TPSA) is 32.3 Å². The van der Waals surface area contributed by atoms with Gasteiger partial charge in [-0.2, -0.15) is 0 Å². The van der Waals surface area contributed by atoms with E-state index < -0.39 is 0 Å². The summed E-state index contributed by atoms with van der Waals surface area (Å²) in [5.74, 6) is 1.90. The Labute approximate surface area is 255 Å². The van der Waals surface area contributed by atoms with Gasteiger partial charge in [-0.3, -0.25) is 0 Å². The van der Waals surface area contributed by atoms with Crippen molar-refractivity contribution in [3.05, 3.63) is 87.9 Å². The number of anilines is 1. The van der Waals surface area contributed by atoms with Crippen LogP contribution in [0.5, 0.6) is 0 Å². The molecule has 0 bridgehead atoms. The second-order valence-electron chi connectivity index (χ2n) is 13.2. The predicted octanol–water partition coefficient (Wildman–Crippen LogP) is 8.88. The van der Waals surface area contributed by atoms with E-state index in [1.807, 2.05) is 12.3 Å². The lowest BCUT2D eigenvalue weighted by molar-refractivity contribution is 0.343. The van der Waals surface area contributed by atoms with Crippen molar-refractivity contribution in [3.8, 4) is 0 Å². The van der Waals surface area contributed by atoms with Crippen LogP contribution < -0.4 is 4.90 Å². The lowest BCUT2D eigenvalue weighted by Gasteiger charge is -2.37. The summed E-state index contributed by atoms with van der Waals surface area (Å²) < 4.78 is 0. The lowest BCUT2D eigenvalue weighted by atomic mass is 9.67. The maximum atomic E-state index is 4.89. The van der Waals surface area contributed by atoms with Gasteiger partial charge in [0.05, 0.1) is 5.70 Å². The fourth-order valence-corrected chi connectivity index (χ4v) is 8.06. The highest BCUT2D eigenvalue weighted by molar-refractivity contribution is 5.70. The van der Waals surface area contributed by atoms with E-state index in [4.69, 9.17) is 10.2 Å². The Bertz CT molecular complexity index is 1390. The molecular formula is C38H52N4. The van der Waals surface area contributed by atoms with Crippen LogP contribution in [0.3, 0.4) is 0 Å². The fourth-order valence-electron chi connectivity index (χ4n) is 8.06. The number of nitrogens with zero attached hydrogens (tertiary/aromatic N) is 4. The fraction of sp³-hybridized carbons (Fsp3) is 0.553. The zero-order valence-electron chi connectivity index (χ0n) is 27.1. The largest absolute Gasteiger partial charge is 0.355 e. The number of rotatable bonds is 10. The molecule has 4 heteroatoms. The second kappa shape index (κ2) is 13.0. The highest BCUT2D eigenvalue weighted by Gasteiger charge is 2.35. The van der Waals surface area contributed by atoms with Gasteiger partial charge in [-0.05, 0) is 113 Å². The van der Waals surface area contributed by atoms with E-state index in [1.165, 1.54) is 84.8 Å². The summed E-state index contributed by atoms with van der Waals surface area (Å²) in [6.07, 6.45) is 20.5. The molecule has 0 radical (unpaired) electrons. The minimum Gasteiger partial charge on any atom is -0.355 e. The Hall–Kier alpha value is -3.10. The molecule has 1 aliphatic heterocycles. The SMILES string of the molecule is C=C(C)C(CC)(CCC1CCCC(N(C)c2nnc(C3=CC=C=CN3C)c3c2CCC3)CC1)c1ccc(C)cc1CC. The van der Waals surface area contributed by atoms with Gasteiger partial charge in [-0.15, -0.1) is 15.9 Å². The van der Waals surface area contributed by atoms with Crippen LogP contribution in [0.2, 0.25) is 0 Å². The molecule has 3 atom stereocenters. The molecule has 5 rings (SSSR count). The molecule has 2 heterocycles. The summed E-state index contributed by atoms with van der Waals surface area (Å²) >= 11 is 0. The van der Waals surface area contributed by atoms with Crippen LogP contribution in [0.25, 0.3) is 5.70 Å². The molecule has 1 aromatic carbocycles. The summed E-state index contributed by atoms with van der Waals surface area (Å²) in [5, 5.41) is 9.72. The van der Waals surface area contributed by atoms with Gasteiger partial charge in [-0.25, -0.2) is 0 Å². The van der Waals surface area contributed by atoms with Crippen molar-refractivity contribution in [2.75, 3.05) is 19.0 Å². The maximum absolute atomic E-state index is 4.89. The Morgan fingerprint density at radius 1 is 1.10 bits per heavy atom. The Morgan fingerprint density at radius 2 is 1.90 bits per heavy atom. The van der Waals surface area contributed by atoms with Crippen molar-refractivity contribution in [2.24, 2.45) is 5.92 Å². The van der Waals surface area contributed by atoms with Gasteiger partial charge in [0.15, 0.2) is 5.82 Å². The summed E-state index contributed by atoms with van der Waals surface area (Å²) in [6, 6.07) is 7.65. The van der Waals surface area contributed by atoms with E-state index >= 15 is 0 Å². The Kier molecular flexibility index (Phi) is 9.43. The number of aromatic nitrogens is 2. The number of benzene rings is 1. The molecule has 2 aromatic rings. The van der Waals surface area contributed by atoms with Crippen LogP contribution in [-0.2, 0) is 24.7 Å². The Balaban J connectivity index is 1.29. The monoisotopic (exact) mass is 564 g/mol. The zero-order chi connectivity index (χ0) is 29.9. The van der Waals surface area contributed by atoms with Gasteiger partial charge in [-0.1, -0.05) is 62.6 Å². The quantitative estimate of drug-likeness (QED) is 0.164. The molecule has 0 spiro atoms. The predicted molar refractivity (Wildman–Crippen MR) is 178 cm³/mol. The molecule has 4 nitrogen and oxygen atoms in total. The highest BCUT2D eigenvalue weighted by Crippen LogP contribution is 2.44. The highest BCUT2D eigenvalue weighted by atomic mass is 15.3. The van der Waals surface area contributed by atoms with Gasteiger partial charge in [0.2, 0.25) is 0 Å². The maximum Gasteiger partial charge on any atom is 0.154 e. The van der Waals surface area contributed by atoms with Gasteiger partial charge in [0.1, 0.15) is 5.69 Å². The van der Waals surface area contributed by atoms with Gasteiger partial charge >= 0.3 is 0 Å². The van der Waals surface area contributed by atoms with Crippen molar-refractivity contribution in [3.63, 3.8) is 0 Å². The van der Waals surface area contributed by atoms with Crippen molar-refractivity contribution < 1.29 is 0 Å². The normalized spacial score (nSPS) is 21.5. The van der Waals surface area contributed by atoms with Gasteiger partial charge < -0.3 is 9.80 Å². The first-order chi connectivity index (χ1) is 20.3. The molecule has 3 aliphatic rings. The lowest BCUT2D eigenvalue weighted by Crippen LogP contribution is -2.33. The molecule has 2 aliphatic carbocycles. The third-order valence-electron chi connectivity index (χ3n) is 10.7. The van der Waals surface area contributed by atoms with E-state index in [-0.39, 0.29) is 5.41 Å². The molecular weight excluding hydrogens is 512 g/mol. The van der Waals surface area contributed by atoms with E-state index in [9.17, 15) is 0 Å². The molecule has 0 N–H and O–H groups in total. The third-order valence-corrected chi connectivity index (χ3v) is 10.7. The summed E-state index contributed by atoms with van der Waals surface area (Å²) in [7, 11) is 4.35. The van der Waals surface area contributed by atoms with Gasteiger partial charge in [0, 0.05) is 37.3 Å². The third kappa shape index (κ3) is 5.88. The molecule has 1 fully saturated rings. The van der Waals surface area contributed by atoms with Crippen LogP contribution >= 0.6 is 0 Å². The van der Waals surface area contributed by atoms with Crippen LogP contribution in [0.1, 0.15) is 112 Å². The van der Waals surface area contributed by atoms with E-state index in [2.05, 4.69) is 88.2 Å². The van der Waals surface area contributed by atoms with Crippen molar-refractivity contribution in [1.82, 2.24) is 15.1 Å². The van der Waals surface area contributed by atoms with E-state index in [1.54, 1.807) is 0 Å². The molecule has 0 saturated heterocycles. The van der Waals surface area contributed by atoms with E-state index in [0.29, 0.717) is 6.04 Å². The van der Waals surface area contributed by atoms with Gasteiger partial charge in [0.25, 0.3) is 0 Å². The minimum absolute atomic E-state index is 0.0762. The first kappa shape index (κ1) is 30.4. The number of hydrogen-bond acceptors (Lipinski definition) is 4. The second-order valence-corrected chi connectivity index (χ2v) is 13.2. The first-order valence-electron chi connectivity index (χ1n) is 16.5. The number of allylic oxidation sites excluding steroid dienone is 3. The number of hydrogen-bond donors (Lipinski definition) is 0. The van der Waals surface area contributed by atoms with Crippen LogP contribution in [-0.4, -0.2) is 35.2 Å². The molecule has 3 unspecified atom stereocenters. The summed E-state index contributed by atoms with van der Waals surface area (Å²) in [5.41, 5.74) is 14.0. The van der Waals surface area contributed by atoms with Crippen LogP contribution in [0, 0.1) is 12.8 Å². The van der Waals surface area contributed by atoms with Crippen LogP contribution in [0.4, 0.5) is 5.82 Å². The van der Waals surface area contributed by atoms with Crippen LogP contribution in [0.15, 0.2) is 54.4 Å². The zero-order valence-corrected chi connectivity index (χ0v) is 27.1. The average molecular weight is 565 g/mol. The standard InChI is InChI=1S/C38H52N4/c1-8-30-26-28(5)19-22-34(30)38(9-2,27(3)4)24-23-29-14-12-15-31(21-20-29)42(7)37-33-17-13-16-32(33)36(39-40-37)35-18-10-11-25-41(35)6/h10,18-19,22,25-26,29,31H,3,8-9,12-17,20-21,23-24H2,1-2,4-7H3. The molecule has 0 amide bonds. The Morgan fingerprint density at radius 3 is 2.64 bits per heavy atom. The molecule has 1 saturated carbocycles.